The summed E-state index contributed by atoms with van der Waals surface area (Å²) in [6.07, 6.45) is 2.14. The molecule has 1 heterocycles. The summed E-state index contributed by atoms with van der Waals surface area (Å²) in [5.41, 5.74) is 1.56. The van der Waals surface area contributed by atoms with Crippen LogP contribution in [-0.2, 0) is 6.54 Å². The molecule has 2 rings (SSSR count). The van der Waals surface area contributed by atoms with E-state index < -0.39 is 0 Å². The van der Waals surface area contributed by atoms with E-state index in [2.05, 4.69) is 23.2 Å². The van der Waals surface area contributed by atoms with Crippen LogP contribution in [0.25, 0.3) is 0 Å². The Bertz CT molecular complexity index is 485. The molecule has 102 valence electrons. The molecular formula is C15H20FN3. The highest BCUT2D eigenvalue weighted by Gasteiger charge is 2.28. The van der Waals surface area contributed by atoms with Crippen molar-refractivity contribution in [3.05, 3.63) is 35.1 Å². The second-order valence-corrected chi connectivity index (χ2v) is 5.50. The van der Waals surface area contributed by atoms with Gasteiger partial charge in [-0.2, -0.15) is 5.26 Å². The van der Waals surface area contributed by atoms with Crippen LogP contribution in [0.2, 0.25) is 0 Å². The smallest absolute Gasteiger partial charge is 0.123 e. The highest BCUT2D eigenvalue weighted by Crippen LogP contribution is 2.23. The molecule has 4 heteroatoms. The van der Waals surface area contributed by atoms with E-state index in [1.807, 2.05) is 7.05 Å². The van der Waals surface area contributed by atoms with Crippen molar-refractivity contribution in [2.75, 3.05) is 20.1 Å². The van der Waals surface area contributed by atoms with Gasteiger partial charge in [0.05, 0.1) is 11.6 Å². The highest BCUT2D eigenvalue weighted by molar-refractivity contribution is 5.37. The molecule has 1 saturated heterocycles. The first-order chi connectivity index (χ1) is 9.06. The fourth-order valence-electron chi connectivity index (χ4n) is 2.50. The Kier molecular flexibility index (Phi) is 4.18. The Morgan fingerprint density at radius 1 is 1.42 bits per heavy atom. The normalized spacial score (nSPS) is 19.1. The zero-order valence-corrected chi connectivity index (χ0v) is 11.5. The third-order valence-corrected chi connectivity index (χ3v) is 4.14. The minimum atomic E-state index is -0.272. The Hall–Kier alpha value is -1.44. The predicted molar refractivity (Wildman–Crippen MR) is 73.1 cm³/mol. The van der Waals surface area contributed by atoms with E-state index in [-0.39, 0.29) is 11.4 Å². The van der Waals surface area contributed by atoms with Crippen LogP contribution in [0.5, 0.6) is 0 Å². The molecule has 0 spiro atoms. The summed E-state index contributed by atoms with van der Waals surface area (Å²) in [4.78, 5) is 2.29. The lowest BCUT2D eigenvalue weighted by Gasteiger charge is -2.39. The average Bonchev–Trinajstić information content (AvgIpc) is 2.42. The zero-order valence-electron chi connectivity index (χ0n) is 11.5. The summed E-state index contributed by atoms with van der Waals surface area (Å²) >= 11 is 0. The lowest BCUT2D eigenvalue weighted by Crippen LogP contribution is -2.49. The Morgan fingerprint density at radius 3 is 2.68 bits per heavy atom. The first-order valence-corrected chi connectivity index (χ1v) is 6.66. The number of likely N-dealkylation sites (tertiary alicyclic amines) is 1. The van der Waals surface area contributed by atoms with Crippen molar-refractivity contribution in [2.45, 2.75) is 31.8 Å². The number of halogens is 1. The van der Waals surface area contributed by atoms with Gasteiger partial charge < -0.3 is 5.32 Å². The topological polar surface area (TPSA) is 39.1 Å². The summed E-state index contributed by atoms with van der Waals surface area (Å²) in [6, 6.07) is 6.52. The van der Waals surface area contributed by atoms with Crippen LogP contribution in [0.15, 0.2) is 18.2 Å². The van der Waals surface area contributed by atoms with E-state index in [0.29, 0.717) is 12.1 Å². The molecule has 0 radical (unpaired) electrons. The second-order valence-electron chi connectivity index (χ2n) is 5.50. The SMILES string of the molecule is CNC1(C)CCN(Cc2cc(F)ccc2C#N)CC1. The van der Waals surface area contributed by atoms with Crippen molar-refractivity contribution in [1.82, 2.24) is 10.2 Å². The largest absolute Gasteiger partial charge is 0.314 e. The third-order valence-electron chi connectivity index (χ3n) is 4.14. The van der Waals surface area contributed by atoms with E-state index in [1.165, 1.54) is 12.1 Å². The fraction of sp³-hybridized carbons (Fsp3) is 0.533. The van der Waals surface area contributed by atoms with Crippen LogP contribution < -0.4 is 5.32 Å². The number of rotatable bonds is 3. The molecule has 0 aliphatic carbocycles. The Balaban J connectivity index is 2.04. The van der Waals surface area contributed by atoms with Gasteiger partial charge in [0.15, 0.2) is 0 Å². The van der Waals surface area contributed by atoms with Crippen molar-refractivity contribution in [3.8, 4) is 6.07 Å². The molecule has 0 bridgehead atoms. The molecule has 1 fully saturated rings. The number of hydrogen-bond acceptors (Lipinski definition) is 3. The van der Waals surface area contributed by atoms with Crippen molar-refractivity contribution >= 4 is 0 Å². The van der Waals surface area contributed by atoms with Gasteiger partial charge in [-0.05, 0) is 50.6 Å². The number of piperidine rings is 1. The van der Waals surface area contributed by atoms with E-state index in [0.717, 1.165) is 31.5 Å². The van der Waals surface area contributed by atoms with Gasteiger partial charge in [0.2, 0.25) is 0 Å². The first kappa shape index (κ1) is 14.0. The van der Waals surface area contributed by atoms with Crippen molar-refractivity contribution < 1.29 is 4.39 Å². The number of hydrogen-bond donors (Lipinski definition) is 1. The van der Waals surface area contributed by atoms with Crippen LogP contribution >= 0.6 is 0 Å². The molecule has 1 N–H and O–H groups in total. The molecular weight excluding hydrogens is 241 g/mol. The van der Waals surface area contributed by atoms with Crippen molar-refractivity contribution in [3.63, 3.8) is 0 Å². The standard InChI is InChI=1S/C15H20FN3/c1-15(18-2)5-7-19(8-6-15)11-13-9-14(16)4-3-12(13)10-17/h3-4,9,18H,5-8,11H2,1-2H3. The van der Waals surface area contributed by atoms with Crippen molar-refractivity contribution in [1.29, 1.82) is 5.26 Å². The van der Waals surface area contributed by atoms with Gasteiger partial charge in [-0.15, -0.1) is 0 Å². The van der Waals surface area contributed by atoms with Gasteiger partial charge in [0.25, 0.3) is 0 Å². The van der Waals surface area contributed by atoms with E-state index >= 15 is 0 Å². The van der Waals surface area contributed by atoms with Gasteiger partial charge in [0, 0.05) is 25.2 Å². The van der Waals surface area contributed by atoms with Crippen LogP contribution in [0.4, 0.5) is 4.39 Å². The number of nitrogens with one attached hydrogen (secondary N) is 1. The van der Waals surface area contributed by atoms with Crippen LogP contribution in [0.1, 0.15) is 30.9 Å². The number of nitrogens with zero attached hydrogens (tertiary/aromatic N) is 2. The van der Waals surface area contributed by atoms with Crippen molar-refractivity contribution in [2.24, 2.45) is 0 Å². The van der Waals surface area contributed by atoms with E-state index in [9.17, 15) is 4.39 Å². The Morgan fingerprint density at radius 2 is 2.11 bits per heavy atom. The van der Waals surface area contributed by atoms with Gasteiger partial charge >= 0.3 is 0 Å². The maximum absolute atomic E-state index is 13.3. The molecule has 0 aromatic heterocycles. The fourth-order valence-corrected chi connectivity index (χ4v) is 2.50. The van der Waals surface area contributed by atoms with Gasteiger partial charge in [-0.1, -0.05) is 0 Å². The predicted octanol–water partition coefficient (Wildman–Crippen LogP) is 2.27. The molecule has 0 atom stereocenters. The molecule has 3 nitrogen and oxygen atoms in total. The molecule has 0 amide bonds. The Labute approximate surface area is 114 Å². The third kappa shape index (κ3) is 3.31. The summed E-state index contributed by atoms with van der Waals surface area (Å²) in [6.45, 7) is 4.82. The summed E-state index contributed by atoms with van der Waals surface area (Å²) in [5, 5.41) is 12.4. The first-order valence-electron chi connectivity index (χ1n) is 6.66. The second kappa shape index (κ2) is 5.68. The number of benzene rings is 1. The average molecular weight is 261 g/mol. The molecule has 1 aliphatic rings. The molecule has 1 aliphatic heterocycles. The molecule has 0 unspecified atom stereocenters. The van der Waals surface area contributed by atoms with Gasteiger partial charge in [0.1, 0.15) is 5.82 Å². The van der Waals surface area contributed by atoms with Crippen LogP contribution in [0, 0.1) is 17.1 Å². The zero-order chi connectivity index (χ0) is 13.9. The van der Waals surface area contributed by atoms with E-state index in [1.54, 1.807) is 6.07 Å². The minimum absolute atomic E-state index is 0.205. The summed E-state index contributed by atoms with van der Waals surface area (Å²) in [7, 11) is 2.00. The lowest BCUT2D eigenvalue weighted by molar-refractivity contribution is 0.146. The number of nitriles is 1. The maximum Gasteiger partial charge on any atom is 0.123 e. The molecule has 19 heavy (non-hydrogen) atoms. The van der Waals surface area contributed by atoms with Crippen LogP contribution in [0.3, 0.4) is 0 Å². The lowest BCUT2D eigenvalue weighted by atomic mass is 9.89. The van der Waals surface area contributed by atoms with Gasteiger partial charge in [-0.25, -0.2) is 4.39 Å². The quantitative estimate of drug-likeness (QED) is 0.907. The highest BCUT2D eigenvalue weighted by atomic mass is 19.1. The molecule has 1 aromatic carbocycles. The summed E-state index contributed by atoms with van der Waals surface area (Å²) < 4.78 is 13.3. The van der Waals surface area contributed by atoms with E-state index in [4.69, 9.17) is 5.26 Å². The molecule has 1 aromatic rings. The molecule has 0 saturated carbocycles. The summed E-state index contributed by atoms with van der Waals surface area (Å²) in [5.74, 6) is -0.272. The minimum Gasteiger partial charge on any atom is -0.314 e. The monoisotopic (exact) mass is 261 g/mol. The van der Waals surface area contributed by atoms with Crippen LogP contribution in [-0.4, -0.2) is 30.6 Å². The van der Waals surface area contributed by atoms with Gasteiger partial charge in [-0.3, -0.25) is 4.90 Å². The maximum atomic E-state index is 13.3.